The Morgan fingerprint density at radius 2 is 2.06 bits per heavy atom. The third kappa shape index (κ3) is 2.93. The molecule has 1 fully saturated rings. The molecule has 1 aliphatic carbocycles. The fraction of sp³-hybridized carbons (Fsp3) is 0.545. The molecule has 0 saturated heterocycles. The standard InChI is InChI=1S/C11H16ClN3O2S/c1-13-11-10(12)6-9(7-14-11)18(16,17)15-8-4-2-3-5-8/h6-8,15H,2-5H2,1H3,(H,13,14). The van der Waals surface area contributed by atoms with Gasteiger partial charge >= 0.3 is 0 Å². The average molecular weight is 290 g/mol. The summed E-state index contributed by atoms with van der Waals surface area (Å²) in [6.45, 7) is 0. The molecule has 1 aromatic heterocycles. The third-order valence-corrected chi connectivity index (χ3v) is 4.82. The van der Waals surface area contributed by atoms with E-state index < -0.39 is 10.0 Å². The first-order valence-corrected chi connectivity index (χ1v) is 7.74. The largest absolute Gasteiger partial charge is 0.372 e. The lowest BCUT2D eigenvalue weighted by Crippen LogP contribution is -2.32. The highest BCUT2D eigenvalue weighted by atomic mass is 35.5. The number of aromatic nitrogens is 1. The molecule has 100 valence electrons. The molecule has 2 N–H and O–H groups in total. The van der Waals surface area contributed by atoms with Crippen molar-refractivity contribution in [3.63, 3.8) is 0 Å². The van der Waals surface area contributed by atoms with E-state index in [1.54, 1.807) is 7.05 Å². The molecular weight excluding hydrogens is 274 g/mol. The molecule has 1 aliphatic rings. The number of anilines is 1. The second-order valence-electron chi connectivity index (χ2n) is 4.35. The second kappa shape index (κ2) is 5.42. The summed E-state index contributed by atoms with van der Waals surface area (Å²) in [7, 11) is -1.84. The number of nitrogens with one attached hydrogen (secondary N) is 2. The topological polar surface area (TPSA) is 71.1 Å². The summed E-state index contributed by atoms with van der Waals surface area (Å²) in [5, 5.41) is 3.09. The van der Waals surface area contributed by atoms with Gasteiger partial charge in [0.15, 0.2) is 0 Å². The smallest absolute Gasteiger partial charge is 0.242 e. The van der Waals surface area contributed by atoms with E-state index >= 15 is 0 Å². The first kappa shape index (κ1) is 13.6. The minimum atomic E-state index is -3.52. The molecule has 0 radical (unpaired) electrons. The minimum Gasteiger partial charge on any atom is -0.372 e. The molecule has 1 aromatic rings. The molecule has 0 unspecified atom stereocenters. The predicted octanol–water partition coefficient (Wildman–Crippen LogP) is 2.00. The predicted molar refractivity (Wildman–Crippen MR) is 71.4 cm³/mol. The van der Waals surface area contributed by atoms with Crippen LogP contribution >= 0.6 is 11.6 Å². The first-order chi connectivity index (χ1) is 8.53. The molecule has 18 heavy (non-hydrogen) atoms. The Kier molecular flexibility index (Phi) is 4.09. The highest BCUT2D eigenvalue weighted by Crippen LogP contribution is 2.24. The van der Waals surface area contributed by atoms with E-state index in [4.69, 9.17) is 11.6 Å². The molecule has 0 bridgehead atoms. The van der Waals surface area contributed by atoms with Crippen LogP contribution in [0.3, 0.4) is 0 Å². The number of rotatable bonds is 4. The SMILES string of the molecule is CNc1ncc(S(=O)(=O)NC2CCCC2)cc1Cl. The number of hydrogen-bond acceptors (Lipinski definition) is 4. The lowest BCUT2D eigenvalue weighted by Gasteiger charge is -2.13. The van der Waals surface area contributed by atoms with Crippen molar-refractivity contribution in [3.8, 4) is 0 Å². The van der Waals surface area contributed by atoms with Crippen molar-refractivity contribution in [2.75, 3.05) is 12.4 Å². The summed E-state index contributed by atoms with van der Waals surface area (Å²) >= 11 is 5.93. The average Bonchev–Trinajstić information content (AvgIpc) is 2.81. The Bertz CT molecular complexity index is 527. The Morgan fingerprint density at radius 3 is 2.61 bits per heavy atom. The van der Waals surface area contributed by atoms with Gasteiger partial charge in [-0.15, -0.1) is 0 Å². The normalized spacial score (nSPS) is 17.0. The molecule has 7 heteroatoms. The van der Waals surface area contributed by atoms with Crippen LogP contribution < -0.4 is 10.0 Å². The van der Waals surface area contributed by atoms with Crippen molar-refractivity contribution in [3.05, 3.63) is 17.3 Å². The van der Waals surface area contributed by atoms with Crippen LogP contribution in [0.1, 0.15) is 25.7 Å². The van der Waals surface area contributed by atoms with Crippen molar-refractivity contribution in [2.45, 2.75) is 36.6 Å². The third-order valence-electron chi connectivity index (χ3n) is 3.04. The number of nitrogens with zero attached hydrogens (tertiary/aromatic N) is 1. The summed E-state index contributed by atoms with van der Waals surface area (Å²) in [6.07, 6.45) is 5.26. The Hall–Kier alpha value is -0.850. The van der Waals surface area contributed by atoms with Gasteiger partial charge in [-0.2, -0.15) is 0 Å². The van der Waals surface area contributed by atoms with Gasteiger partial charge in [-0.05, 0) is 18.9 Å². The van der Waals surface area contributed by atoms with E-state index in [1.807, 2.05) is 0 Å². The highest BCUT2D eigenvalue weighted by Gasteiger charge is 2.23. The minimum absolute atomic E-state index is 0.0396. The number of sulfonamides is 1. The van der Waals surface area contributed by atoms with Crippen LogP contribution in [-0.2, 0) is 10.0 Å². The van der Waals surface area contributed by atoms with Gasteiger partial charge in [0.25, 0.3) is 0 Å². The molecule has 1 saturated carbocycles. The quantitative estimate of drug-likeness (QED) is 0.889. The van der Waals surface area contributed by atoms with Crippen LogP contribution in [0.15, 0.2) is 17.2 Å². The Balaban J connectivity index is 2.21. The zero-order chi connectivity index (χ0) is 13.2. The molecule has 0 amide bonds. The second-order valence-corrected chi connectivity index (χ2v) is 6.48. The number of hydrogen-bond donors (Lipinski definition) is 2. The van der Waals surface area contributed by atoms with Crippen LogP contribution in [0.2, 0.25) is 5.02 Å². The molecule has 1 heterocycles. The fourth-order valence-corrected chi connectivity index (χ4v) is 3.68. The Labute approximate surface area is 112 Å². The van der Waals surface area contributed by atoms with E-state index in [0.29, 0.717) is 10.8 Å². The van der Waals surface area contributed by atoms with Crippen molar-refractivity contribution >= 4 is 27.4 Å². The van der Waals surface area contributed by atoms with Gasteiger partial charge in [0.05, 0.1) is 5.02 Å². The Morgan fingerprint density at radius 1 is 1.39 bits per heavy atom. The van der Waals surface area contributed by atoms with E-state index in [9.17, 15) is 8.42 Å². The van der Waals surface area contributed by atoms with E-state index in [0.717, 1.165) is 25.7 Å². The maximum absolute atomic E-state index is 12.1. The van der Waals surface area contributed by atoms with Crippen molar-refractivity contribution < 1.29 is 8.42 Å². The maximum Gasteiger partial charge on any atom is 0.242 e. The number of pyridine rings is 1. The van der Waals surface area contributed by atoms with Crippen LogP contribution in [0.5, 0.6) is 0 Å². The van der Waals surface area contributed by atoms with E-state index in [1.165, 1.54) is 12.3 Å². The molecule has 0 aromatic carbocycles. The first-order valence-electron chi connectivity index (χ1n) is 5.88. The van der Waals surface area contributed by atoms with E-state index in [-0.39, 0.29) is 10.9 Å². The van der Waals surface area contributed by atoms with E-state index in [2.05, 4.69) is 15.0 Å². The molecule has 0 atom stereocenters. The van der Waals surface area contributed by atoms with Gasteiger partial charge in [-0.25, -0.2) is 18.1 Å². The molecule has 0 spiro atoms. The summed E-state index contributed by atoms with van der Waals surface area (Å²) < 4.78 is 26.9. The van der Waals surface area contributed by atoms with Gasteiger partial charge in [-0.1, -0.05) is 24.4 Å². The molecule has 2 rings (SSSR count). The van der Waals surface area contributed by atoms with Crippen LogP contribution in [0, 0.1) is 0 Å². The zero-order valence-electron chi connectivity index (χ0n) is 10.1. The van der Waals surface area contributed by atoms with Crippen LogP contribution in [0.4, 0.5) is 5.82 Å². The monoisotopic (exact) mass is 289 g/mol. The zero-order valence-corrected chi connectivity index (χ0v) is 11.7. The lowest BCUT2D eigenvalue weighted by atomic mass is 10.3. The van der Waals surface area contributed by atoms with Gasteiger partial charge in [-0.3, -0.25) is 0 Å². The van der Waals surface area contributed by atoms with Crippen LogP contribution in [-0.4, -0.2) is 26.5 Å². The molecule has 0 aliphatic heterocycles. The van der Waals surface area contributed by atoms with Gasteiger partial charge in [0.1, 0.15) is 10.7 Å². The highest BCUT2D eigenvalue weighted by molar-refractivity contribution is 7.89. The number of halogens is 1. The fourth-order valence-electron chi connectivity index (χ4n) is 2.08. The summed E-state index contributed by atoms with van der Waals surface area (Å²) in [5.41, 5.74) is 0. The molecule has 5 nitrogen and oxygen atoms in total. The van der Waals surface area contributed by atoms with Crippen molar-refractivity contribution in [1.29, 1.82) is 0 Å². The summed E-state index contributed by atoms with van der Waals surface area (Å²) in [4.78, 5) is 4.08. The van der Waals surface area contributed by atoms with Crippen molar-refractivity contribution in [2.24, 2.45) is 0 Å². The lowest BCUT2D eigenvalue weighted by molar-refractivity contribution is 0.552. The summed E-state index contributed by atoms with van der Waals surface area (Å²) in [5.74, 6) is 0.469. The van der Waals surface area contributed by atoms with Gasteiger partial charge < -0.3 is 5.32 Å². The summed E-state index contributed by atoms with van der Waals surface area (Å²) in [6, 6.07) is 1.45. The van der Waals surface area contributed by atoms with Crippen LogP contribution in [0.25, 0.3) is 0 Å². The maximum atomic E-state index is 12.1. The van der Waals surface area contributed by atoms with Crippen molar-refractivity contribution in [1.82, 2.24) is 9.71 Å². The van der Waals surface area contributed by atoms with Gasteiger partial charge in [0.2, 0.25) is 10.0 Å². The molecular formula is C11H16ClN3O2S. The van der Waals surface area contributed by atoms with Gasteiger partial charge in [0, 0.05) is 19.3 Å².